The van der Waals surface area contributed by atoms with E-state index in [0.717, 1.165) is 54.4 Å². The quantitative estimate of drug-likeness (QED) is 0.728. The highest BCUT2D eigenvalue weighted by atomic mass is 16.3. The molecule has 0 amide bonds. The third-order valence-electron chi connectivity index (χ3n) is 4.46. The number of likely N-dealkylation sites (tertiary alicyclic amines) is 1. The minimum Gasteiger partial charge on any atom is -0.458 e. The van der Waals surface area contributed by atoms with Gasteiger partial charge in [-0.1, -0.05) is 0 Å². The fraction of sp³-hybridized carbons (Fsp3) is 0.412. The zero-order valence-electron chi connectivity index (χ0n) is 13.0. The molecule has 5 nitrogen and oxygen atoms in total. The van der Waals surface area contributed by atoms with Crippen molar-refractivity contribution in [1.82, 2.24) is 19.4 Å². The molecule has 1 saturated heterocycles. The van der Waals surface area contributed by atoms with Crippen molar-refractivity contribution in [2.75, 3.05) is 20.1 Å². The summed E-state index contributed by atoms with van der Waals surface area (Å²) >= 11 is 0. The molecule has 1 aliphatic heterocycles. The lowest BCUT2D eigenvalue weighted by Gasteiger charge is -2.30. The highest BCUT2D eigenvalue weighted by Gasteiger charge is 2.25. The lowest BCUT2D eigenvalue weighted by Crippen LogP contribution is -2.31. The summed E-state index contributed by atoms with van der Waals surface area (Å²) in [6, 6.07) is 8.37. The molecule has 0 unspecified atom stereocenters. The van der Waals surface area contributed by atoms with E-state index in [2.05, 4.69) is 21.5 Å². The van der Waals surface area contributed by atoms with Crippen molar-refractivity contribution in [3.05, 3.63) is 36.2 Å². The van der Waals surface area contributed by atoms with E-state index in [0.29, 0.717) is 6.04 Å². The molecular formula is C17H20N4O. The van der Waals surface area contributed by atoms with Crippen LogP contribution < -0.4 is 0 Å². The molecule has 0 saturated carbocycles. The Morgan fingerprint density at radius 2 is 2.00 bits per heavy atom. The van der Waals surface area contributed by atoms with Gasteiger partial charge in [0.2, 0.25) is 0 Å². The van der Waals surface area contributed by atoms with Gasteiger partial charge in [0.1, 0.15) is 11.3 Å². The molecule has 1 aliphatic rings. The second kappa shape index (κ2) is 5.25. The van der Waals surface area contributed by atoms with Crippen molar-refractivity contribution in [2.45, 2.75) is 25.8 Å². The van der Waals surface area contributed by atoms with Crippen molar-refractivity contribution in [3.63, 3.8) is 0 Å². The molecule has 0 radical (unpaired) electrons. The van der Waals surface area contributed by atoms with Crippen LogP contribution in [0.4, 0.5) is 0 Å². The number of hydrogen-bond donors (Lipinski definition) is 0. The van der Waals surface area contributed by atoms with Gasteiger partial charge in [-0.25, -0.2) is 9.97 Å². The molecule has 3 aromatic rings. The summed E-state index contributed by atoms with van der Waals surface area (Å²) in [5.41, 5.74) is 1.89. The number of pyridine rings is 1. The topological polar surface area (TPSA) is 47.1 Å². The third kappa shape index (κ3) is 2.22. The van der Waals surface area contributed by atoms with Crippen LogP contribution in [0.25, 0.3) is 22.7 Å². The van der Waals surface area contributed by atoms with E-state index in [1.54, 1.807) is 0 Å². The van der Waals surface area contributed by atoms with E-state index in [1.807, 2.05) is 37.4 Å². The number of rotatable bonds is 2. The van der Waals surface area contributed by atoms with Crippen molar-refractivity contribution in [3.8, 4) is 11.6 Å². The van der Waals surface area contributed by atoms with Crippen LogP contribution in [0.1, 0.15) is 24.6 Å². The minimum atomic E-state index is 0.427. The second-order valence-electron chi connectivity index (χ2n) is 6.10. The van der Waals surface area contributed by atoms with E-state index in [4.69, 9.17) is 9.40 Å². The number of nitrogens with zero attached hydrogens (tertiary/aromatic N) is 4. The fourth-order valence-corrected chi connectivity index (χ4v) is 3.26. The van der Waals surface area contributed by atoms with Gasteiger partial charge in [-0.2, -0.15) is 0 Å². The Morgan fingerprint density at radius 3 is 2.73 bits per heavy atom. The average molecular weight is 296 g/mol. The minimum absolute atomic E-state index is 0.427. The molecule has 4 rings (SSSR count). The van der Waals surface area contributed by atoms with E-state index < -0.39 is 0 Å². The Bertz CT molecular complexity index is 796. The molecule has 0 aromatic carbocycles. The fourth-order valence-electron chi connectivity index (χ4n) is 3.26. The smallest absolute Gasteiger partial charge is 0.178 e. The van der Waals surface area contributed by atoms with Gasteiger partial charge < -0.3 is 13.9 Å². The van der Waals surface area contributed by atoms with Gasteiger partial charge in [0.25, 0.3) is 0 Å². The lowest BCUT2D eigenvalue weighted by atomic mass is 10.1. The first kappa shape index (κ1) is 13.5. The number of imidazole rings is 1. The standard InChI is InChI=1S/C17H20N4O/c1-12-5-6-15(22-12)17-19-14-4-3-9-18-16(14)21(17)13-7-10-20(2)11-8-13/h3-6,9,13H,7-8,10-11H2,1-2H3. The molecule has 5 heteroatoms. The molecule has 22 heavy (non-hydrogen) atoms. The van der Waals surface area contributed by atoms with Crippen molar-refractivity contribution >= 4 is 11.2 Å². The summed E-state index contributed by atoms with van der Waals surface area (Å²) in [4.78, 5) is 11.7. The molecule has 3 aromatic heterocycles. The first-order valence-electron chi connectivity index (χ1n) is 7.80. The molecule has 0 aliphatic carbocycles. The first-order valence-corrected chi connectivity index (χ1v) is 7.80. The molecular weight excluding hydrogens is 276 g/mol. The van der Waals surface area contributed by atoms with Crippen LogP contribution in [0.2, 0.25) is 0 Å². The average Bonchev–Trinajstić information content (AvgIpc) is 3.11. The predicted molar refractivity (Wildman–Crippen MR) is 85.7 cm³/mol. The van der Waals surface area contributed by atoms with Crippen molar-refractivity contribution < 1.29 is 4.42 Å². The van der Waals surface area contributed by atoms with E-state index in [9.17, 15) is 0 Å². The summed E-state index contributed by atoms with van der Waals surface area (Å²) in [6.07, 6.45) is 4.07. The van der Waals surface area contributed by atoms with Crippen LogP contribution in [-0.4, -0.2) is 39.6 Å². The van der Waals surface area contributed by atoms with Gasteiger partial charge in [-0.05, 0) is 64.2 Å². The number of furan rings is 1. The maximum Gasteiger partial charge on any atom is 0.178 e. The zero-order chi connectivity index (χ0) is 15.1. The number of piperidine rings is 1. The number of hydrogen-bond acceptors (Lipinski definition) is 4. The number of aromatic nitrogens is 3. The Labute approximate surface area is 129 Å². The van der Waals surface area contributed by atoms with Crippen LogP contribution in [0.3, 0.4) is 0 Å². The third-order valence-corrected chi connectivity index (χ3v) is 4.46. The van der Waals surface area contributed by atoms with E-state index >= 15 is 0 Å². The summed E-state index contributed by atoms with van der Waals surface area (Å²) in [5.74, 6) is 2.63. The zero-order valence-corrected chi connectivity index (χ0v) is 13.0. The molecule has 0 N–H and O–H groups in total. The maximum atomic E-state index is 5.83. The van der Waals surface area contributed by atoms with Crippen molar-refractivity contribution in [2.24, 2.45) is 0 Å². The van der Waals surface area contributed by atoms with Crippen LogP contribution in [-0.2, 0) is 0 Å². The highest BCUT2D eigenvalue weighted by molar-refractivity contribution is 5.76. The molecule has 4 heterocycles. The lowest BCUT2D eigenvalue weighted by molar-refractivity contribution is 0.224. The van der Waals surface area contributed by atoms with Gasteiger partial charge >= 0.3 is 0 Å². The molecule has 114 valence electrons. The molecule has 1 fully saturated rings. The molecule has 0 bridgehead atoms. The summed E-state index contributed by atoms with van der Waals surface area (Å²) in [5, 5.41) is 0. The van der Waals surface area contributed by atoms with E-state index in [-0.39, 0.29) is 0 Å². The molecule has 0 spiro atoms. The highest BCUT2D eigenvalue weighted by Crippen LogP contribution is 2.32. The Kier molecular flexibility index (Phi) is 3.22. The van der Waals surface area contributed by atoms with Gasteiger partial charge in [0, 0.05) is 12.2 Å². The number of fused-ring (bicyclic) bond motifs is 1. The maximum absolute atomic E-state index is 5.83. The van der Waals surface area contributed by atoms with Crippen LogP contribution in [0.15, 0.2) is 34.9 Å². The first-order chi connectivity index (χ1) is 10.7. The van der Waals surface area contributed by atoms with Gasteiger partial charge in [0.05, 0.1) is 0 Å². The number of aryl methyl sites for hydroxylation is 1. The second-order valence-corrected chi connectivity index (χ2v) is 6.10. The van der Waals surface area contributed by atoms with Crippen LogP contribution in [0, 0.1) is 6.92 Å². The Hall–Kier alpha value is -2.14. The van der Waals surface area contributed by atoms with Gasteiger partial charge in [-0.3, -0.25) is 0 Å². The monoisotopic (exact) mass is 296 g/mol. The normalized spacial score (nSPS) is 17.4. The predicted octanol–water partition coefficient (Wildman–Crippen LogP) is 3.27. The van der Waals surface area contributed by atoms with Gasteiger partial charge in [-0.15, -0.1) is 0 Å². The van der Waals surface area contributed by atoms with Crippen molar-refractivity contribution in [1.29, 1.82) is 0 Å². The SMILES string of the molecule is Cc1ccc(-c2nc3cccnc3n2C2CCN(C)CC2)o1. The summed E-state index contributed by atoms with van der Waals surface area (Å²) in [7, 11) is 2.18. The molecule has 0 atom stereocenters. The Morgan fingerprint density at radius 1 is 1.18 bits per heavy atom. The largest absolute Gasteiger partial charge is 0.458 e. The van der Waals surface area contributed by atoms with Crippen LogP contribution in [0.5, 0.6) is 0 Å². The van der Waals surface area contributed by atoms with Gasteiger partial charge in [0.15, 0.2) is 17.2 Å². The Balaban J connectivity index is 1.86. The van der Waals surface area contributed by atoms with Crippen LogP contribution >= 0.6 is 0 Å². The summed E-state index contributed by atoms with van der Waals surface area (Å²) in [6.45, 7) is 4.17. The van der Waals surface area contributed by atoms with E-state index in [1.165, 1.54) is 0 Å². The summed E-state index contributed by atoms with van der Waals surface area (Å²) < 4.78 is 8.11.